The summed E-state index contributed by atoms with van der Waals surface area (Å²) in [5.41, 5.74) is 1.89. The molecule has 0 saturated heterocycles. The Bertz CT molecular complexity index is 500. The first kappa shape index (κ1) is 13.2. The molecule has 0 aliphatic carbocycles. The van der Waals surface area contributed by atoms with Crippen molar-refractivity contribution < 1.29 is 9.53 Å². The molecule has 1 N–H and O–H groups in total. The number of hydrogen-bond donors (Lipinski definition) is 1. The second-order valence-electron chi connectivity index (χ2n) is 3.87. The van der Waals surface area contributed by atoms with Gasteiger partial charge in [-0.15, -0.1) is 0 Å². The lowest BCUT2D eigenvalue weighted by atomic mass is 10.0. The maximum atomic E-state index is 11.5. The number of rotatable bonds is 3. The zero-order chi connectivity index (χ0) is 13.1. The molecule has 0 radical (unpaired) electrons. The molecule has 3 nitrogen and oxygen atoms in total. The molecule has 18 heavy (non-hydrogen) atoms. The fourth-order valence-corrected chi connectivity index (χ4v) is 2.54. The van der Waals surface area contributed by atoms with E-state index in [1.165, 1.54) is 0 Å². The van der Waals surface area contributed by atoms with Crippen LogP contribution in [0.15, 0.2) is 29.8 Å². The predicted octanol–water partition coefficient (Wildman–Crippen LogP) is 3.58. The summed E-state index contributed by atoms with van der Waals surface area (Å²) in [6, 6.07) is 7.57. The highest BCUT2D eigenvalue weighted by Gasteiger charge is 2.26. The molecule has 1 heterocycles. The molecule has 0 spiro atoms. The minimum absolute atomic E-state index is 0.0994. The molecule has 0 saturated carbocycles. The number of fused-ring (bicyclic) bond motifs is 1. The van der Waals surface area contributed by atoms with Crippen LogP contribution in [0.3, 0.4) is 0 Å². The normalized spacial score (nSPS) is 18.1. The number of carbonyl (C=O) groups excluding carboxylic acids is 1. The summed E-state index contributed by atoms with van der Waals surface area (Å²) in [6.45, 7) is 2.11. The largest absolute Gasteiger partial charge is 0.466 e. The summed E-state index contributed by atoms with van der Waals surface area (Å²) >= 11 is 12.5. The number of hydrogen-bond acceptors (Lipinski definition) is 3. The summed E-state index contributed by atoms with van der Waals surface area (Å²) in [5, 5.41) is 3.63. The topological polar surface area (TPSA) is 38.3 Å². The van der Waals surface area contributed by atoms with Crippen LogP contribution in [0.25, 0.3) is 5.03 Å². The number of para-hydroxylation sites is 1. The van der Waals surface area contributed by atoms with Gasteiger partial charge in [0.05, 0.1) is 18.1 Å². The van der Waals surface area contributed by atoms with Crippen LogP contribution in [0, 0.1) is 0 Å². The highest BCUT2D eigenvalue weighted by atomic mass is 35.5. The summed E-state index contributed by atoms with van der Waals surface area (Å²) < 4.78 is 4.91. The second kappa shape index (κ2) is 5.63. The lowest BCUT2D eigenvalue weighted by Gasteiger charge is -2.25. The summed E-state index contributed by atoms with van der Waals surface area (Å²) in [7, 11) is 0. The fourth-order valence-electron chi connectivity index (χ4n) is 1.84. The van der Waals surface area contributed by atoms with Crippen molar-refractivity contribution in [3.8, 4) is 0 Å². The van der Waals surface area contributed by atoms with Gasteiger partial charge >= 0.3 is 5.97 Å². The third-order valence-electron chi connectivity index (χ3n) is 2.67. The fraction of sp³-hybridized carbons (Fsp3) is 0.308. The molecular weight excluding hydrogens is 273 g/mol. The molecule has 1 aliphatic heterocycles. The first-order valence-electron chi connectivity index (χ1n) is 5.67. The van der Waals surface area contributed by atoms with E-state index in [1.54, 1.807) is 6.92 Å². The molecule has 2 rings (SSSR count). The molecule has 1 aliphatic rings. The Hall–Kier alpha value is -1.19. The van der Waals surface area contributed by atoms with E-state index in [1.807, 2.05) is 24.3 Å². The average Bonchev–Trinajstić information content (AvgIpc) is 2.35. The number of alkyl halides is 1. The van der Waals surface area contributed by atoms with Gasteiger partial charge in [-0.2, -0.15) is 0 Å². The van der Waals surface area contributed by atoms with Gasteiger partial charge in [0.2, 0.25) is 0 Å². The van der Waals surface area contributed by atoms with Crippen LogP contribution < -0.4 is 5.32 Å². The number of benzene rings is 1. The highest BCUT2D eigenvalue weighted by molar-refractivity contribution is 6.51. The molecule has 1 unspecified atom stereocenters. The molecule has 1 aromatic rings. The smallest absolute Gasteiger partial charge is 0.310 e. The third kappa shape index (κ3) is 2.62. The van der Waals surface area contributed by atoms with Crippen LogP contribution in [-0.4, -0.2) is 18.1 Å². The quantitative estimate of drug-likeness (QED) is 0.524. The molecule has 96 valence electrons. The minimum atomic E-state index is -0.489. The Morgan fingerprint density at radius 1 is 1.44 bits per heavy atom. The van der Waals surface area contributed by atoms with Gasteiger partial charge in [-0.05, 0) is 18.6 Å². The van der Waals surface area contributed by atoms with E-state index >= 15 is 0 Å². The SMILES string of the molecule is CCOC(=O)CC1=C(Cl)c2ccccc2NC1Cl. The third-order valence-corrected chi connectivity index (χ3v) is 3.49. The van der Waals surface area contributed by atoms with Gasteiger partial charge in [-0.1, -0.05) is 41.4 Å². The van der Waals surface area contributed by atoms with Crippen molar-refractivity contribution in [3.05, 3.63) is 35.4 Å². The van der Waals surface area contributed by atoms with Crippen molar-refractivity contribution in [2.24, 2.45) is 0 Å². The van der Waals surface area contributed by atoms with Crippen LogP contribution in [0.2, 0.25) is 0 Å². The number of carbonyl (C=O) groups is 1. The Morgan fingerprint density at radius 2 is 2.17 bits per heavy atom. The number of esters is 1. The van der Waals surface area contributed by atoms with E-state index < -0.39 is 5.50 Å². The molecule has 0 amide bonds. The molecule has 1 aromatic carbocycles. The van der Waals surface area contributed by atoms with Gasteiger partial charge in [-0.3, -0.25) is 4.79 Å². The van der Waals surface area contributed by atoms with Crippen molar-refractivity contribution in [3.63, 3.8) is 0 Å². The molecule has 0 aromatic heterocycles. The highest BCUT2D eigenvalue weighted by Crippen LogP contribution is 2.38. The number of nitrogens with one attached hydrogen (secondary N) is 1. The summed E-state index contributed by atoms with van der Waals surface area (Å²) in [4.78, 5) is 11.5. The lowest BCUT2D eigenvalue weighted by molar-refractivity contribution is -0.142. The van der Waals surface area contributed by atoms with E-state index in [0.29, 0.717) is 17.2 Å². The first-order chi connectivity index (χ1) is 8.63. The number of anilines is 1. The van der Waals surface area contributed by atoms with Gasteiger partial charge in [0.1, 0.15) is 5.50 Å². The van der Waals surface area contributed by atoms with E-state index in [0.717, 1.165) is 11.3 Å². The summed E-state index contributed by atoms with van der Waals surface area (Å²) in [5.74, 6) is -0.322. The standard InChI is InChI=1S/C13H13Cl2NO2/c1-2-18-11(17)7-9-12(14)8-5-3-4-6-10(8)16-13(9)15/h3-6,13,16H,2,7H2,1H3. The van der Waals surface area contributed by atoms with Crippen LogP contribution in [-0.2, 0) is 9.53 Å². The van der Waals surface area contributed by atoms with Gasteiger partial charge in [-0.25, -0.2) is 0 Å². The zero-order valence-corrected chi connectivity index (χ0v) is 11.4. The van der Waals surface area contributed by atoms with Crippen LogP contribution in [0.4, 0.5) is 5.69 Å². The number of ether oxygens (including phenoxy) is 1. The molecular formula is C13H13Cl2NO2. The first-order valence-corrected chi connectivity index (χ1v) is 6.49. The molecule has 0 bridgehead atoms. The van der Waals surface area contributed by atoms with Crippen molar-refractivity contribution in [2.75, 3.05) is 11.9 Å². The Morgan fingerprint density at radius 3 is 2.89 bits per heavy atom. The van der Waals surface area contributed by atoms with Gasteiger partial charge in [0, 0.05) is 11.3 Å². The number of halogens is 2. The monoisotopic (exact) mass is 285 g/mol. The van der Waals surface area contributed by atoms with Crippen LogP contribution in [0.1, 0.15) is 18.9 Å². The van der Waals surface area contributed by atoms with Crippen LogP contribution >= 0.6 is 23.2 Å². The molecule has 0 fully saturated rings. The Labute approximate surface area is 116 Å². The molecule has 5 heteroatoms. The van der Waals surface area contributed by atoms with Crippen molar-refractivity contribution in [1.82, 2.24) is 0 Å². The van der Waals surface area contributed by atoms with Crippen molar-refractivity contribution >= 4 is 39.9 Å². The van der Waals surface area contributed by atoms with E-state index in [9.17, 15) is 4.79 Å². The van der Waals surface area contributed by atoms with Gasteiger partial charge in [0.25, 0.3) is 0 Å². The average molecular weight is 286 g/mol. The zero-order valence-electron chi connectivity index (χ0n) is 9.87. The maximum absolute atomic E-state index is 11.5. The Balaban J connectivity index is 2.31. The molecule has 1 atom stereocenters. The maximum Gasteiger partial charge on any atom is 0.310 e. The van der Waals surface area contributed by atoms with E-state index in [4.69, 9.17) is 27.9 Å². The predicted molar refractivity (Wildman–Crippen MR) is 73.7 cm³/mol. The van der Waals surface area contributed by atoms with Crippen molar-refractivity contribution in [2.45, 2.75) is 18.8 Å². The minimum Gasteiger partial charge on any atom is -0.466 e. The van der Waals surface area contributed by atoms with Crippen molar-refractivity contribution in [1.29, 1.82) is 0 Å². The van der Waals surface area contributed by atoms with E-state index in [-0.39, 0.29) is 12.4 Å². The second-order valence-corrected chi connectivity index (χ2v) is 4.69. The lowest BCUT2D eigenvalue weighted by Crippen LogP contribution is -2.23. The summed E-state index contributed by atoms with van der Waals surface area (Å²) in [6.07, 6.45) is 0.0994. The van der Waals surface area contributed by atoms with E-state index in [2.05, 4.69) is 5.32 Å². The van der Waals surface area contributed by atoms with Gasteiger partial charge in [0.15, 0.2) is 0 Å². The van der Waals surface area contributed by atoms with Crippen LogP contribution in [0.5, 0.6) is 0 Å². The Kier molecular flexibility index (Phi) is 4.15. The van der Waals surface area contributed by atoms with Gasteiger partial charge < -0.3 is 10.1 Å².